The molecule has 1 aromatic rings. The van der Waals surface area contributed by atoms with Gasteiger partial charge in [0.05, 0.1) is 0 Å². The molecule has 15 heavy (non-hydrogen) atoms. The van der Waals surface area contributed by atoms with E-state index in [0.717, 1.165) is 16.6 Å². The Morgan fingerprint density at radius 3 is 2.60 bits per heavy atom. The average Bonchev–Trinajstić information content (AvgIpc) is 2.49. The summed E-state index contributed by atoms with van der Waals surface area (Å²) < 4.78 is 6.08. The Bertz CT molecular complexity index is 363. The lowest BCUT2D eigenvalue weighted by Gasteiger charge is -2.09. The Morgan fingerprint density at radius 1 is 1.40 bits per heavy atom. The number of halogens is 1. The number of benzene rings is 1. The highest BCUT2D eigenvalue weighted by molar-refractivity contribution is 9.10. The van der Waals surface area contributed by atoms with Crippen molar-refractivity contribution >= 4 is 27.6 Å². The van der Waals surface area contributed by atoms with Gasteiger partial charge in [-0.3, -0.25) is 0 Å². The smallest absolute Gasteiger partial charge is 0.328 e. The second-order valence-corrected chi connectivity index (χ2v) is 4.60. The standard InChI is InChI=1S/C11H12BrNO2/c1-7-6-10(11(14)15-7)13-9-4-2-8(12)3-5-9/h2-5,7,10,13H,6H2,1H3. The molecule has 1 fully saturated rings. The summed E-state index contributed by atoms with van der Waals surface area (Å²) in [4.78, 5) is 11.4. The highest BCUT2D eigenvalue weighted by atomic mass is 79.9. The molecule has 0 bridgehead atoms. The number of hydrogen-bond donors (Lipinski definition) is 1. The van der Waals surface area contributed by atoms with Gasteiger partial charge in [0.2, 0.25) is 0 Å². The summed E-state index contributed by atoms with van der Waals surface area (Å²) in [5, 5.41) is 3.15. The zero-order chi connectivity index (χ0) is 10.8. The number of hydrogen-bond acceptors (Lipinski definition) is 3. The van der Waals surface area contributed by atoms with E-state index in [1.54, 1.807) is 0 Å². The maximum atomic E-state index is 11.4. The van der Waals surface area contributed by atoms with Crippen LogP contribution in [0, 0.1) is 0 Å². The van der Waals surface area contributed by atoms with Crippen molar-refractivity contribution in [1.82, 2.24) is 0 Å². The van der Waals surface area contributed by atoms with Crippen LogP contribution in [-0.2, 0) is 9.53 Å². The molecule has 2 unspecified atom stereocenters. The fraction of sp³-hybridized carbons (Fsp3) is 0.364. The van der Waals surface area contributed by atoms with E-state index in [1.165, 1.54) is 0 Å². The van der Waals surface area contributed by atoms with Gasteiger partial charge in [0.25, 0.3) is 0 Å². The van der Waals surface area contributed by atoms with Gasteiger partial charge in [0.15, 0.2) is 0 Å². The minimum Gasteiger partial charge on any atom is -0.461 e. The van der Waals surface area contributed by atoms with Gasteiger partial charge in [-0.25, -0.2) is 4.79 Å². The van der Waals surface area contributed by atoms with Crippen LogP contribution in [0.15, 0.2) is 28.7 Å². The molecular weight excluding hydrogens is 258 g/mol. The fourth-order valence-corrected chi connectivity index (χ4v) is 1.89. The highest BCUT2D eigenvalue weighted by Gasteiger charge is 2.31. The molecule has 1 aliphatic rings. The third-order valence-corrected chi connectivity index (χ3v) is 2.88. The summed E-state index contributed by atoms with van der Waals surface area (Å²) in [6.07, 6.45) is 0.750. The number of anilines is 1. The van der Waals surface area contributed by atoms with Crippen molar-refractivity contribution in [3.63, 3.8) is 0 Å². The van der Waals surface area contributed by atoms with Gasteiger partial charge in [-0.15, -0.1) is 0 Å². The van der Waals surface area contributed by atoms with Crippen LogP contribution >= 0.6 is 15.9 Å². The van der Waals surface area contributed by atoms with Crippen molar-refractivity contribution in [2.45, 2.75) is 25.5 Å². The van der Waals surface area contributed by atoms with Crippen LogP contribution in [0.1, 0.15) is 13.3 Å². The van der Waals surface area contributed by atoms with E-state index in [-0.39, 0.29) is 18.1 Å². The Labute approximate surface area is 96.9 Å². The number of nitrogens with one attached hydrogen (secondary N) is 1. The van der Waals surface area contributed by atoms with E-state index in [0.29, 0.717) is 0 Å². The van der Waals surface area contributed by atoms with Crippen molar-refractivity contribution in [3.8, 4) is 0 Å². The van der Waals surface area contributed by atoms with E-state index in [4.69, 9.17) is 4.74 Å². The number of carbonyl (C=O) groups excluding carboxylic acids is 1. The quantitative estimate of drug-likeness (QED) is 0.839. The van der Waals surface area contributed by atoms with E-state index in [1.807, 2.05) is 31.2 Å². The third kappa shape index (κ3) is 2.50. The number of cyclic esters (lactones) is 1. The van der Waals surface area contributed by atoms with Crippen LogP contribution in [0.3, 0.4) is 0 Å². The molecule has 0 radical (unpaired) electrons. The molecule has 0 saturated carbocycles. The zero-order valence-electron chi connectivity index (χ0n) is 8.37. The number of esters is 1. The topological polar surface area (TPSA) is 38.3 Å². The summed E-state index contributed by atoms with van der Waals surface area (Å²) in [6.45, 7) is 1.90. The molecule has 1 N–H and O–H groups in total. The van der Waals surface area contributed by atoms with Crippen LogP contribution in [0.2, 0.25) is 0 Å². The molecule has 2 atom stereocenters. The third-order valence-electron chi connectivity index (χ3n) is 2.35. The summed E-state index contributed by atoms with van der Waals surface area (Å²) in [5.74, 6) is -0.162. The minimum atomic E-state index is -0.207. The van der Waals surface area contributed by atoms with Crippen molar-refractivity contribution < 1.29 is 9.53 Å². The molecule has 0 aliphatic carbocycles. The first-order valence-corrected chi connectivity index (χ1v) is 5.67. The van der Waals surface area contributed by atoms with Gasteiger partial charge in [-0.1, -0.05) is 15.9 Å². The Balaban J connectivity index is 2.03. The van der Waals surface area contributed by atoms with Gasteiger partial charge >= 0.3 is 5.97 Å². The van der Waals surface area contributed by atoms with Crippen LogP contribution in [0.4, 0.5) is 5.69 Å². The Morgan fingerprint density at radius 2 is 2.07 bits per heavy atom. The number of carbonyl (C=O) groups is 1. The van der Waals surface area contributed by atoms with Gasteiger partial charge in [0.1, 0.15) is 12.1 Å². The van der Waals surface area contributed by atoms with E-state index in [9.17, 15) is 4.79 Å². The van der Waals surface area contributed by atoms with Crippen molar-refractivity contribution in [1.29, 1.82) is 0 Å². The maximum Gasteiger partial charge on any atom is 0.328 e. The van der Waals surface area contributed by atoms with E-state index >= 15 is 0 Å². The van der Waals surface area contributed by atoms with Crippen LogP contribution in [0.5, 0.6) is 0 Å². The summed E-state index contributed by atoms with van der Waals surface area (Å²) in [5.41, 5.74) is 0.939. The largest absolute Gasteiger partial charge is 0.461 e. The molecule has 3 nitrogen and oxygen atoms in total. The first-order chi connectivity index (χ1) is 7.15. The highest BCUT2D eigenvalue weighted by Crippen LogP contribution is 2.20. The lowest BCUT2D eigenvalue weighted by atomic mass is 10.2. The van der Waals surface area contributed by atoms with Gasteiger partial charge in [-0.2, -0.15) is 0 Å². The lowest BCUT2D eigenvalue weighted by Crippen LogP contribution is -2.24. The van der Waals surface area contributed by atoms with E-state index in [2.05, 4.69) is 21.2 Å². The first kappa shape index (κ1) is 10.5. The lowest BCUT2D eigenvalue weighted by molar-refractivity contribution is -0.141. The first-order valence-electron chi connectivity index (χ1n) is 4.88. The Kier molecular flexibility index (Phi) is 2.95. The second kappa shape index (κ2) is 4.23. The Hall–Kier alpha value is -1.03. The predicted octanol–water partition coefficient (Wildman–Crippen LogP) is 2.57. The van der Waals surface area contributed by atoms with Crippen LogP contribution < -0.4 is 5.32 Å². The molecule has 1 aromatic carbocycles. The predicted molar refractivity (Wildman–Crippen MR) is 61.7 cm³/mol. The zero-order valence-corrected chi connectivity index (χ0v) is 9.95. The molecule has 0 spiro atoms. The molecule has 1 aliphatic heterocycles. The van der Waals surface area contributed by atoms with Crippen LogP contribution in [0.25, 0.3) is 0 Å². The van der Waals surface area contributed by atoms with Crippen molar-refractivity contribution in [2.24, 2.45) is 0 Å². The summed E-state index contributed by atoms with van der Waals surface area (Å²) in [6, 6.07) is 7.53. The minimum absolute atomic E-state index is 0.0189. The number of ether oxygens (including phenoxy) is 1. The summed E-state index contributed by atoms with van der Waals surface area (Å²) >= 11 is 3.36. The molecule has 0 aromatic heterocycles. The molecule has 4 heteroatoms. The van der Waals surface area contributed by atoms with Crippen LogP contribution in [-0.4, -0.2) is 18.1 Å². The molecule has 2 rings (SSSR count). The molecule has 1 saturated heterocycles. The average molecular weight is 270 g/mol. The van der Waals surface area contributed by atoms with Gasteiger partial charge in [-0.05, 0) is 31.2 Å². The van der Waals surface area contributed by atoms with Gasteiger partial charge in [0, 0.05) is 16.6 Å². The van der Waals surface area contributed by atoms with E-state index < -0.39 is 0 Å². The maximum absolute atomic E-state index is 11.4. The molecular formula is C11H12BrNO2. The van der Waals surface area contributed by atoms with Gasteiger partial charge < -0.3 is 10.1 Å². The monoisotopic (exact) mass is 269 g/mol. The molecule has 1 heterocycles. The summed E-state index contributed by atoms with van der Waals surface area (Å²) in [7, 11) is 0. The number of rotatable bonds is 2. The fourth-order valence-electron chi connectivity index (χ4n) is 1.62. The SMILES string of the molecule is CC1CC(Nc2ccc(Br)cc2)C(=O)O1. The molecule has 80 valence electrons. The van der Waals surface area contributed by atoms with Crippen molar-refractivity contribution in [2.75, 3.05) is 5.32 Å². The molecule has 0 amide bonds. The second-order valence-electron chi connectivity index (χ2n) is 3.69. The van der Waals surface area contributed by atoms with Crippen molar-refractivity contribution in [3.05, 3.63) is 28.7 Å². The normalized spacial score (nSPS) is 25.1.